The summed E-state index contributed by atoms with van der Waals surface area (Å²) in [7, 11) is 1.74. The molecule has 1 saturated carbocycles. The van der Waals surface area contributed by atoms with Crippen LogP contribution in [0.1, 0.15) is 35.2 Å². The minimum Gasteiger partial charge on any atom is -0.497 e. The Morgan fingerprint density at radius 2 is 1.85 bits per heavy atom. The fraction of sp³-hybridized carbons (Fsp3) is 0.333. The molecule has 1 atom stereocenters. The van der Waals surface area contributed by atoms with Crippen LogP contribution in [0.3, 0.4) is 0 Å². The molecule has 0 bridgehead atoms. The first-order valence-electron chi connectivity index (χ1n) is 9.89. The van der Waals surface area contributed by atoms with Gasteiger partial charge in [-0.2, -0.15) is 0 Å². The molecule has 27 heavy (non-hydrogen) atoms. The Bertz CT molecular complexity index is 895. The third-order valence-electron chi connectivity index (χ3n) is 5.65. The Morgan fingerprint density at radius 1 is 1.00 bits per heavy atom. The quantitative estimate of drug-likeness (QED) is 0.649. The number of hydrogen-bond acceptors (Lipinski definition) is 1. The fourth-order valence-electron chi connectivity index (χ4n) is 3.86. The maximum absolute atomic E-state index is 5.40. The van der Waals surface area contributed by atoms with Crippen molar-refractivity contribution in [3.8, 4) is 5.75 Å². The van der Waals surface area contributed by atoms with Crippen LogP contribution < -0.4 is 9.64 Å². The predicted molar refractivity (Wildman–Crippen MR) is 109 cm³/mol. The second-order valence-corrected chi connectivity index (χ2v) is 7.69. The van der Waals surface area contributed by atoms with E-state index >= 15 is 0 Å². The maximum atomic E-state index is 5.40. The first kappa shape index (κ1) is 17.9. The Kier molecular flexibility index (Phi) is 5.30. The van der Waals surface area contributed by atoms with Crippen LogP contribution in [0, 0.1) is 6.92 Å². The Balaban J connectivity index is 1.50. The molecule has 0 aliphatic heterocycles. The largest absolute Gasteiger partial charge is 0.497 e. The molecule has 0 spiro atoms. The highest BCUT2D eigenvalue weighted by Crippen LogP contribution is 2.18. The molecule has 1 unspecified atom stereocenters. The van der Waals surface area contributed by atoms with E-state index in [0.29, 0.717) is 0 Å². The average Bonchev–Trinajstić information content (AvgIpc) is 3.45. The summed E-state index contributed by atoms with van der Waals surface area (Å²) in [6.07, 6.45) is 4.91. The van der Waals surface area contributed by atoms with Gasteiger partial charge in [-0.1, -0.05) is 36.4 Å². The minimum absolute atomic E-state index is 0.790. The molecule has 3 heteroatoms. The molecule has 0 radical (unpaired) electrons. The Morgan fingerprint density at radius 3 is 2.63 bits per heavy atom. The lowest BCUT2D eigenvalue weighted by Crippen LogP contribution is -3.10. The van der Waals surface area contributed by atoms with E-state index in [9.17, 15) is 0 Å². The van der Waals surface area contributed by atoms with Crippen molar-refractivity contribution >= 4 is 0 Å². The van der Waals surface area contributed by atoms with Crippen molar-refractivity contribution in [2.75, 3.05) is 7.11 Å². The monoisotopic (exact) mass is 361 g/mol. The van der Waals surface area contributed by atoms with Gasteiger partial charge in [0.1, 0.15) is 18.8 Å². The summed E-state index contributed by atoms with van der Waals surface area (Å²) in [5.41, 5.74) is 5.53. The van der Waals surface area contributed by atoms with Crippen LogP contribution >= 0.6 is 0 Å². The first-order valence-corrected chi connectivity index (χ1v) is 9.89. The topological polar surface area (TPSA) is 18.6 Å². The van der Waals surface area contributed by atoms with E-state index in [1.807, 2.05) is 6.07 Å². The lowest BCUT2D eigenvalue weighted by Gasteiger charge is -2.21. The molecule has 1 aliphatic rings. The molecule has 2 aromatic carbocycles. The fourth-order valence-corrected chi connectivity index (χ4v) is 3.86. The van der Waals surface area contributed by atoms with E-state index in [2.05, 4.69) is 72.3 Å². The molecule has 0 amide bonds. The van der Waals surface area contributed by atoms with Crippen molar-refractivity contribution in [1.29, 1.82) is 0 Å². The zero-order valence-corrected chi connectivity index (χ0v) is 16.3. The van der Waals surface area contributed by atoms with Gasteiger partial charge < -0.3 is 14.2 Å². The van der Waals surface area contributed by atoms with E-state index in [1.54, 1.807) is 12.0 Å². The number of aromatic nitrogens is 1. The van der Waals surface area contributed by atoms with Gasteiger partial charge in [0.2, 0.25) is 0 Å². The van der Waals surface area contributed by atoms with Crippen molar-refractivity contribution < 1.29 is 9.64 Å². The highest BCUT2D eigenvalue weighted by Gasteiger charge is 2.33. The predicted octanol–water partition coefficient (Wildman–Crippen LogP) is 3.60. The summed E-state index contributed by atoms with van der Waals surface area (Å²) in [5.74, 6) is 0.950. The number of methoxy groups -OCH3 is 1. The minimum atomic E-state index is 0.790. The third kappa shape index (κ3) is 4.42. The zero-order valence-electron chi connectivity index (χ0n) is 16.3. The number of nitrogens with zero attached hydrogens (tertiary/aromatic N) is 1. The van der Waals surface area contributed by atoms with Gasteiger partial charge in [0.25, 0.3) is 0 Å². The second-order valence-electron chi connectivity index (χ2n) is 7.69. The number of rotatable bonds is 8. The summed E-state index contributed by atoms with van der Waals surface area (Å²) in [6.45, 7) is 5.27. The molecule has 4 rings (SSSR count). The van der Waals surface area contributed by atoms with E-state index in [4.69, 9.17) is 4.74 Å². The number of benzene rings is 2. The summed E-state index contributed by atoms with van der Waals surface area (Å²) in [5, 5.41) is 0. The van der Waals surface area contributed by atoms with Crippen LogP contribution in [-0.2, 0) is 19.6 Å². The summed E-state index contributed by atoms with van der Waals surface area (Å²) in [4.78, 5) is 1.66. The molecule has 0 saturated heterocycles. The lowest BCUT2D eigenvalue weighted by atomic mass is 10.1. The molecular weight excluding hydrogens is 332 g/mol. The van der Waals surface area contributed by atoms with Crippen LogP contribution in [0.15, 0.2) is 66.9 Å². The number of ether oxygens (including phenoxy) is 1. The van der Waals surface area contributed by atoms with Gasteiger partial charge in [-0.3, -0.25) is 0 Å². The van der Waals surface area contributed by atoms with Crippen molar-refractivity contribution in [3.05, 3.63) is 89.2 Å². The summed E-state index contributed by atoms with van der Waals surface area (Å²) >= 11 is 0. The van der Waals surface area contributed by atoms with Crippen molar-refractivity contribution in [3.63, 3.8) is 0 Å². The summed E-state index contributed by atoms with van der Waals surface area (Å²) < 4.78 is 7.81. The van der Waals surface area contributed by atoms with Gasteiger partial charge in [-0.15, -0.1) is 0 Å². The molecule has 3 nitrogen and oxygen atoms in total. The SMILES string of the molecule is COc1cccc(C[NH+](Cc2cccn2Cc2ccccc2C)C2CC2)c1. The number of nitrogens with one attached hydrogen (secondary N) is 1. The molecule has 140 valence electrons. The van der Waals surface area contributed by atoms with E-state index in [1.165, 1.54) is 35.2 Å². The maximum Gasteiger partial charge on any atom is 0.119 e. The van der Waals surface area contributed by atoms with Gasteiger partial charge in [0.05, 0.1) is 18.8 Å². The van der Waals surface area contributed by atoms with Crippen molar-refractivity contribution in [2.24, 2.45) is 0 Å². The third-order valence-corrected chi connectivity index (χ3v) is 5.65. The molecule has 1 N–H and O–H groups in total. The molecule has 1 aliphatic carbocycles. The van der Waals surface area contributed by atoms with Gasteiger partial charge in [0, 0.05) is 31.1 Å². The second kappa shape index (κ2) is 8.01. The van der Waals surface area contributed by atoms with Gasteiger partial charge >= 0.3 is 0 Å². The first-order chi connectivity index (χ1) is 13.2. The van der Waals surface area contributed by atoms with Crippen molar-refractivity contribution in [2.45, 2.75) is 45.4 Å². The molecule has 1 heterocycles. The lowest BCUT2D eigenvalue weighted by molar-refractivity contribution is -0.938. The molecule has 1 aromatic heterocycles. The van der Waals surface area contributed by atoms with Gasteiger partial charge in [-0.05, 0) is 42.3 Å². The van der Waals surface area contributed by atoms with Gasteiger partial charge in [-0.25, -0.2) is 0 Å². The van der Waals surface area contributed by atoms with Crippen LogP contribution in [-0.4, -0.2) is 17.7 Å². The number of quaternary nitrogens is 1. The normalized spacial score (nSPS) is 14.9. The van der Waals surface area contributed by atoms with Crippen LogP contribution in [0.4, 0.5) is 0 Å². The van der Waals surface area contributed by atoms with Crippen molar-refractivity contribution in [1.82, 2.24) is 4.57 Å². The standard InChI is InChI=1S/C24H28N2O/c1-19-7-3-4-9-21(19)17-25-14-6-10-23(25)18-26(22-12-13-22)16-20-8-5-11-24(15-20)27-2/h3-11,14-15,22H,12-13,16-18H2,1-2H3/p+1. The van der Waals surface area contributed by atoms with Crippen LogP contribution in [0.25, 0.3) is 0 Å². The highest BCUT2D eigenvalue weighted by atomic mass is 16.5. The zero-order chi connectivity index (χ0) is 18.6. The van der Waals surface area contributed by atoms with E-state index in [0.717, 1.165) is 31.4 Å². The molecule has 3 aromatic rings. The molecule has 1 fully saturated rings. The van der Waals surface area contributed by atoms with E-state index < -0.39 is 0 Å². The molecular formula is C24H29N2O+. The number of aryl methyl sites for hydroxylation is 1. The summed E-state index contributed by atoms with van der Waals surface area (Å²) in [6, 6.07) is 22.5. The highest BCUT2D eigenvalue weighted by molar-refractivity contribution is 5.28. The smallest absolute Gasteiger partial charge is 0.119 e. The van der Waals surface area contributed by atoms with Crippen LogP contribution in [0.2, 0.25) is 0 Å². The number of hydrogen-bond donors (Lipinski definition) is 1. The van der Waals surface area contributed by atoms with E-state index in [-0.39, 0.29) is 0 Å². The average molecular weight is 362 g/mol. The van der Waals surface area contributed by atoms with Gasteiger partial charge in [0.15, 0.2) is 0 Å². The Hall–Kier alpha value is -2.52. The van der Waals surface area contributed by atoms with Crippen LogP contribution in [0.5, 0.6) is 5.75 Å². The Labute approximate surface area is 162 Å².